The van der Waals surface area contributed by atoms with Crippen molar-refractivity contribution in [3.63, 3.8) is 0 Å². The van der Waals surface area contributed by atoms with Gasteiger partial charge in [-0.2, -0.15) is 11.8 Å². The molecule has 0 spiro atoms. The SMILES string of the molecule is CCCNC1c2ccccc2CCCC1SC(C)CC. The molecule has 1 nitrogen and oxygen atoms in total. The van der Waals surface area contributed by atoms with Crippen LogP contribution in [0.15, 0.2) is 24.3 Å². The fourth-order valence-corrected chi connectivity index (χ4v) is 4.50. The summed E-state index contributed by atoms with van der Waals surface area (Å²) < 4.78 is 0. The highest BCUT2D eigenvalue weighted by atomic mass is 32.2. The highest BCUT2D eigenvalue weighted by Crippen LogP contribution is 2.38. The quantitative estimate of drug-likeness (QED) is 0.743. The first-order chi connectivity index (χ1) is 9.76. The lowest BCUT2D eigenvalue weighted by Gasteiger charge is -2.29. The second kappa shape index (κ2) is 8.09. The van der Waals surface area contributed by atoms with Crippen LogP contribution in [-0.2, 0) is 6.42 Å². The van der Waals surface area contributed by atoms with Gasteiger partial charge in [0.15, 0.2) is 0 Å². The van der Waals surface area contributed by atoms with Crippen molar-refractivity contribution < 1.29 is 0 Å². The van der Waals surface area contributed by atoms with Crippen LogP contribution in [0.2, 0.25) is 0 Å². The van der Waals surface area contributed by atoms with Crippen LogP contribution in [0, 0.1) is 0 Å². The third-order valence-corrected chi connectivity index (χ3v) is 5.95. The van der Waals surface area contributed by atoms with Crippen LogP contribution >= 0.6 is 11.8 Å². The monoisotopic (exact) mass is 291 g/mol. The number of hydrogen-bond donors (Lipinski definition) is 1. The first-order valence-electron chi connectivity index (χ1n) is 8.22. The van der Waals surface area contributed by atoms with E-state index in [2.05, 4.69) is 62.1 Å². The Morgan fingerprint density at radius 3 is 2.85 bits per heavy atom. The number of aryl methyl sites for hydroxylation is 1. The van der Waals surface area contributed by atoms with Gasteiger partial charge in [-0.1, -0.05) is 45.0 Å². The molecule has 0 aromatic heterocycles. The van der Waals surface area contributed by atoms with E-state index in [-0.39, 0.29) is 0 Å². The third kappa shape index (κ3) is 4.02. The normalized spacial score (nSPS) is 23.9. The highest BCUT2D eigenvalue weighted by molar-refractivity contribution is 8.00. The number of benzene rings is 1. The highest BCUT2D eigenvalue weighted by Gasteiger charge is 2.28. The van der Waals surface area contributed by atoms with Gasteiger partial charge in [-0.05, 0) is 49.8 Å². The number of fused-ring (bicyclic) bond motifs is 1. The Morgan fingerprint density at radius 1 is 1.30 bits per heavy atom. The molecule has 0 aliphatic heterocycles. The molecule has 1 aromatic carbocycles. The van der Waals surface area contributed by atoms with Gasteiger partial charge in [0.25, 0.3) is 0 Å². The van der Waals surface area contributed by atoms with E-state index in [4.69, 9.17) is 0 Å². The van der Waals surface area contributed by atoms with Crippen molar-refractivity contribution >= 4 is 11.8 Å². The summed E-state index contributed by atoms with van der Waals surface area (Å²) in [5, 5.41) is 5.31. The molecule has 1 aliphatic carbocycles. The molecule has 1 aliphatic rings. The fraction of sp³-hybridized carbons (Fsp3) is 0.667. The predicted molar refractivity (Wildman–Crippen MR) is 91.5 cm³/mol. The van der Waals surface area contributed by atoms with Crippen LogP contribution in [0.25, 0.3) is 0 Å². The van der Waals surface area contributed by atoms with E-state index in [1.807, 2.05) is 0 Å². The van der Waals surface area contributed by atoms with Crippen molar-refractivity contribution in [2.24, 2.45) is 0 Å². The molecule has 2 heteroatoms. The first-order valence-corrected chi connectivity index (χ1v) is 9.17. The van der Waals surface area contributed by atoms with Gasteiger partial charge in [-0.3, -0.25) is 0 Å². The van der Waals surface area contributed by atoms with Crippen LogP contribution in [0.5, 0.6) is 0 Å². The van der Waals surface area contributed by atoms with Gasteiger partial charge in [0.2, 0.25) is 0 Å². The summed E-state index contributed by atoms with van der Waals surface area (Å²) in [5.41, 5.74) is 3.12. The molecule has 20 heavy (non-hydrogen) atoms. The maximum atomic E-state index is 3.83. The minimum absolute atomic E-state index is 0.535. The lowest BCUT2D eigenvalue weighted by Crippen LogP contribution is -2.31. The van der Waals surface area contributed by atoms with Gasteiger partial charge in [0.1, 0.15) is 0 Å². The van der Waals surface area contributed by atoms with E-state index in [0.29, 0.717) is 6.04 Å². The molecular weight excluding hydrogens is 262 g/mol. The number of rotatable bonds is 6. The molecule has 0 amide bonds. The Hall–Kier alpha value is -0.470. The maximum Gasteiger partial charge on any atom is 0.0443 e. The van der Waals surface area contributed by atoms with E-state index in [0.717, 1.165) is 17.0 Å². The van der Waals surface area contributed by atoms with Gasteiger partial charge in [0.05, 0.1) is 0 Å². The molecule has 0 saturated carbocycles. The zero-order valence-electron chi connectivity index (χ0n) is 13.2. The molecule has 112 valence electrons. The van der Waals surface area contributed by atoms with E-state index in [9.17, 15) is 0 Å². The van der Waals surface area contributed by atoms with E-state index in [1.54, 1.807) is 11.1 Å². The predicted octanol–water partition coefficient (Wildman–Crippen LogP) is 4.96. The van der Waals surface area contributed by atoms with Crippen molar-refractivity contribution in [3.05, 3.63) is 35.4 Å². The number of nitrogens with one attached hydrogen (secondary N) is 1. The summed E-state index contributed by atoms with van der Waals surface area (Å²) in [5.74, 6) is 0. The van der Waals surface area contributed by atoms with E-state index < -0.39 is 0 Å². The molecule has 1 N–H and O–H groups in total. The summed E-state index contributed by atoms with van der Waals surface area (Å²) in [6.45, 7) is 8.05. The largest absolute Gasteiger partial charge is 0.309 e. The van der Waals surface area contributed by atoms with Crippen LogP contribution in [0.1, 0.15) is 63.6 Å². The Kier molecular flexibility index (Phi) is 6.44. The molecule has 0 heterocycles. The number of hydrogen-bond acceptors (Lipinski definition) is 2. The molecule has 0 saturated heterocycles. The maximum absolute atomic E-state index is 3.83. The second-order valence-electron chi connectivity index (χ2n) is 5.92. The molecule has 0 bridgehead atoms. The molecular formula is C18H29NS. The zero-order valence-corrected chi connectivity index (χ0v) is 14.0. The average Bonchev–Trinajstić information content (AvgIpc) is 2.64. The van der Waals surface area contributed by atoms with Crippen LogP contribution in [-0.4, -0.2) is 17.0 Å². The second-order valence-corrected chi connectivity index (χ2v) is 7.60. The van der Waals surface area contributed by atoms with Gasteiger partial charge in [0, 0.05) is 16.5 Å². The van der Waals surface area contributed by atoms with Crippen molar-refractivity contribution in [2.75, 3.05) is 6.54 Å². The summed E-state index contributed by atoms with van der Waals surface area (Å²) in [6.07, 6.45) is 6.39. The van der Waals surface area contributed by atoms with Gasteiger partial charge in [-0.15, -0.1) is 0 Å². The summed E-state index contributed by atoms with van der Waals surface area (Å²) >= 11 is 2.19. The van der Waals surface area contributed by atoms with Crippen LogP contribution in [0.4, 0.5) is 0 Å². The van der Waals surface area contributed by atoms with Crippen LogP contribution in [0.3, 0.4) is 0 Å². The van der Waals surface area contributed by atoms with Crippen molar-refractivity contribution in [1.82, 2.24) is 5.32 Å². The summed E-state index contributed by atoms with van der Waals surface area (Å²) in [6, 6.07) is 9.60. The molecule has 1 aromatic rings. The van der Waals surface area contributed by atoms with Crippen molar-refractivity contribution in [3.8, 4) is 0 Å². The lowest BCUT2D eigenvalue weighted by atomic mass is 9.99. The Balaban J connectivity index is 2.22. The zero-order chi connectivity index (χ0) is 14.4. The molecule has 0 fully saturated rings. The smallest absolute Gasteiger partial charge is 0.0443 e. The molecule has 3 atom stereocenters. The average molecular weight is 292 g/mol. The van der Waals surface area contributed by atoms with Crippen LogP contribution < -0.4 is 5.32 Å². The lowest BCUT2D eigenvalue weighted by molar-refractivity contribution is 0.500. The van der Waals surface area contributed by atoms with Gasteiger partial charge in [-0.25, -0.2) is 0 Å². The summed E-state index contributed by atoms with van der Waals surface area (Å²) in [4.78, 5) is 0. The minimum atomic E-state index is 0.535. The topological polar surface area (TPSA) is 12.0 Å². The molecule has 2 rings (SSSR count). The summed E-state index contributed by atoms with van der Waals surface area (Å²) in [7, 11) is 0. The van der Waals surface area contributed by atoms with E-state index >= 15 is 0 Å². The Labute approximate surface area is 128 Å². The van der Waals surface area contributed by atoms with Gasteiger partial charge >= 0.3 is 0 Å². The molecule has 3 unspecified atom stereocenters. The van der Waals surface area contributed by atoms with Gasteiger partial charge < -0.3 is 5.32 Å². The van der Waals surface area contributed by atoms with Crippen molar-refractivity contribution in [2.45, 2.75) is 69.4 Å². The Morgan fingerprint density at radius 2 is 2.10 bits per heavy atom. The fourth-order valence-electron chi connectivity index (χ4n) is 3.01. The third-order valence-electron chi connectivity index (χ3n) is 4.29. The van der Waals surface area contributed by atoms with Crippen molar-refractivity contribution in [1.29, 1.82) is 0 Å². The first kappa shape index (κ1) is 15.9. The standard InChI is InChI=1S/C18H29NS/c1-4-13-19-18-16-11-7-6-9-15(16)10-8-12-17(18)20-14(3)5-2/h6-7,9,11,14,17-19H,4-5,8,10,12-13H2,1-3H3. The minimum Gasteiger partial charge on any atom is -0.309 e. The Bertz CT molecular complexity index is 404. The number of thioether (sulfide) groups is 1. The molecule has 0 radical (unpaired) electrons. The van der Waals surface area contributed by atoms with E-state index in [1.165, 1.54) is 32.1 Å².